The van der Waals surface area contributed by atoms with E-state index in [0.29, 0.717) is 0 Å². The Balaban J connectivity index is 0.965. The van der Waals surface area contributed by atoms with Crippen LogP contribution in [0.2, 0.25) is 0 Å². The van der Waals surface area contributed by atoms with Crippen molar-refractivity contribution in [2.45, 2.75) is 246 Å². The van der Waals surface area contributed by atoms with Crippen molar-refractivity contribution < 1.29 is 204 Å². The minimum Gasteiger partial charge on any atom is -0.394 e. The minimum absolute atomic E-state index is 0.909. The molecular formula is C48H82O41. The zero-order valence-corrected chi connectivity index (χ0v) is 46.5. The molecule has 0 aromatic rings. The molecule has 0 amide bonds. The van der Waals surface area contributed by atoms with E-state index in [-0.39, 0.29) is 0 Å². The number of rotatable bonds is 22. The van der Waals surface area contributed by atoms with E-state index in [9.17, 15) is 133 Å². The summed E-state index contributed by atoms with van der Waals surface area (Å²) >= 11 is 0. The Hall–Kier alpha value is -1.64. The second-order valence-electron chi connectivity index (χ2n) is 22.4. The lowest BCUT2D eigenvalue weighted by molar-refractivity contribution is -0.402. The molecule has 0 saturated carbocycles. The van der Waals surface area contributed by atoms with Gasteiger partial charge in [-0.05, 0) is 0 Å². The molecule has 0 bridgehead atoms. The van der Waals surface area contributed by atoms with Gasteiger partial charge in [0, 0.05) is 0 Å². The van der Waals surface area contributed by atoms with E-state index < -0.39 is 299 Å². The highest BCUT2D eigenvalue weighted by Gasteiger charge is 2.60. The average molecular weight is 1320 g/mol. The van der Waals surface area contributed by atoms with Crippen LogP contribution in [0.25, 0.3) is 0 Å². The zero-order chi connectivity index (χ0) is 65.4. The molecule has 0 aromatic carbocycles. The van der Waals surface area contributed by atoms with Crippen LogP contribution in [0.5, 0.6) is 0 Å². The fourth-order valence-electron chi connectivity index (χ4n) is 11.5. The van der Waals surface area contributed by atoms with Gasteiger partial charge in [0.2, 0.25) is 0 Å². The third-order valence-electron chi connectivity index (χ3n) is 16.7. The van der Waals surface area contributed by atoms with Crippen molar-refractivity contribution in [1.29, 1.82) is 0 Å². The Morgan fingerprint density at radius 3 is 0.573 bits per heavy atom. The molecule has 41 nitrogen and oxygen atoms in total. The standard InChI is InChI=1S/C48H82O41/c49-1-9-17(57)24(64)27(67)42(76-9)84-35-18(58)11(3-51)78-44(29(35)69)86-37-20(60)13(5-53)80-46(31(37)71)88-39-22(62)15(7-55)82-48(33(39)73)89-40-23(63)14(6-54)81-47(32(40)72)87-38-21(61)12(4-52)79-45(30(38)70)85-36-19(59)10(2-50)77-43(28(36)68)83-34-16(8-56)75-41(74)26(66)25(34)65/h9-74H,1-8H2/t9-,10-,11-,12-,13-,14-,15-,16-,17+,18+,19+,20+,21+,22+,23+,24+,25-,26-,27-,28-,29-,30-,31-,32-,33-,34-,35+,36+,37+,38+,39+,40+,41?,42+,43+,44+,45+,46+,47+,48+/m1/s1. The second-order valence-corrected chi connectivity index (χ2v) is 22.4. The topological polar surface area (TPSA) is 664 Å². The number of aliphatic hydroxyl groups is 26. The quantitative estimate of drug-likeness (QED) is 0.0479. The average Bonchev–Trinajstić information content (AvgIpc) is 0.993. The summed E-state index contributed by atoms with van der Waals surface area (Å²) in [6.07, 6.45) is -81.8. The SMILES string of the molecule is OC[C@H]1O[C@@H](O[C@H]2[C@@H](O)[C@@H](CO)O[C@@H](O[C@H]3[C@@H](O)[C@@H](CO)O[C@@H](O[C@H]4[C@@H](O)[C@@H](CO)O[C@@H](O[C@H]5[C@@H](O)[C@@H](CO)O[C@@H](O[C@H]6[C@@H](O)[C@@H](CO)O[C@@H](O[C@H]7[C@@H](O)[C@@H](CO)O[C@@H](O[C@H]8[C@H](O)[C@@H](O)C(O)O[C@@H]8CO)[C@@H]7O)[C@@H]6O)[C@@H]5O)[C@@H]4O)[C@@H]3O)[C@@H]2O)[C@H](O)[C@@H](O)[C@H]1O. The maximum Gasteiger partial charge on any atom is 0.187 e. The summed E-state index contributed by atoms with van der Waals surface area (Å²) < 4.78 is 83.8. The first kappa shape index (κ1) is 73.2. The van der Waals surface area contributed by atoms with Crippen LogP contribution in [0.15, 0.2) is 0 Å². The van der Waals surface area contributed by atoms with E-state index in [2.05, 4.69) is 0 Å². The lowest BCUT2D eigenvalue weighted by Crippen LogP contribution is -2.69. The molecule has 1 unspecified atom stereocenters. The first-order chi connectivity index (χ1) is 42.2. The van der Waals surface area contributed by atoms with Crippen molar-refractivity contribution in [3.8, 4) is 0 Å². The maximum absolute atomic E-state index is 11.8. The molecule has 8 aliphatic heterocycles. The van der Waals surface area contributed by atoms with Crippen molar-refractivity contribution in [2.75, 3.05) is 52.9 Å². The molecule has 520 valence electrons. The van der Waals surface area contributed by atoms with E-state index >= 15 is 0 Å². The van der Waals surface area contributed by atoms with Crippen molar-refractivity contribution in [3.05, 3.63) is 0 Å². The molecule has 8 heterocycles. The molecule has 40 atom stereocenters. The fourth-order valence-corrected chi connectivity index (χ4v) is 11.5. The van der Waals surface area contributed by atoms with Crippen molar-refractivity contribution in [2.24, 2.45) is 0 Å². The van der Waals surface area contributed by atoms with Gasteiger partial charge in [-0.1, -0.05) is 0 Å². The van der Waals surface area contributed by atoms with Crippen LogP contribution >= 0.6 is 0 Å². The van der Waals surface area contributed by atoms with Gasteiger partial charge in [-0.25, -0.2) is 0 Å². The molecule has 26 N–H and O–H groups in total. The molecule has 0 spiro atoms. The van der Waals surface area contributed by atoms with Crippen LogP contribution in [0.3, 0.4) is 0 Å². The summed E-state index contributed by atoms with van der Waals surface area (Å²) in [7, 11) is 0. The third-order valence-corrected chi connectivity index (χ3v) is 16.7. The van der Waals surface area contributed by atoms with Gasteiger partial charge in [0.15, 0.2) is 50.3 Å². The predicted molar refractivity (Wildman–Crippen MR) is 264 cm³/mol. The summed E-state index contributed by atoms with van der Waals surface area (Å²) in [5, 5.41) is 280. The Morgan fingerprint density at radius 2 is 0.360 bits per heavy atom. The van der Waals surface area contributed by atoms with Gasteiger partial charge >= 0.3 is 0 Å². The van der Waals surface area contributed by atoms with Gasteiger partial charge in [-0.15, -0.1) is 0 Å². The molecule has 8 aliphatic rings. The van der Waals surface area contributed by atoms with Crippen molar-refractivity contribution in [1.82, 2.24) is 0 Å². The van der Waals surface area contributed by atoms with Crippen LogP contribution in [-0.4, -0.2) is 431 Å². The Bertz CT molecular complexity index is 2130. The first-order valence-electron chi connectivity index (χ1n) is 28.2. The summed E-state index contributed by atoms with van der Waals surface area (Å²) in [6.45, 7) is -8.34. The van der Waals surface area contributed by atoms with Crippen molar-refractivity contribution in [3.63, 3.8) is 0 Å². The summed E-state index contributed by atoms with van der Waals surface area (Å²) in [4.78, 5) is 0. The molecule has 0 aliphatic carbocycles. The molecule has 8 rings (SSSR count). The van der Waals surface area contributed by atoms with Crippen LogP contribution in [0.4, 0.5) is 0 Å². The fraction of sp³-hybridized carbons (Fsp3) is 1.00. The van der Waals surface area contributed by atoms with Crippen molar-refractivity contribution >= 4 is 0 Å². The zero-order valence-electron chi connectivity index (χ0n) is 46.5. The highest BCUT2D eigenvalue weighted by atomic mass is 16.8. The van der Waals surface area contributed by atoms with Gasteiger partial charge < -0.3 is 204 Å². The minimum atomic E-state index is -2.38. The second kappa shape index (κ2) is 31.5. The van der Waals surface area contributed by atoms with E-state index in [1.165, 1.54) is 0 Å². The lowest BCUT2D eigenvalue weighted by Gasteiger charge is -2.50. The van der Waals surface area contributed by atoms with Gasteiger partial charge in [-0.2, -0.15) is 0 Å². The largest absolute Gasteiger partial charge is 0.394 e. The van der Waals surface area contributed by atoms with Gasteiger partial charge in [0.25, 0.3) is 0 Å². The summed E-state index contributed by atoms with van der Waals surface area (Å²) in [5.41, 5.74) is 0. The van der Waals surface area contributed by atoms with Crippen LogP contribution in [0, 0.1) is 0 Å². The molecule has 41 heteroatoms. The molecule has 89 heavy (non-hydrogen) atoms. The van der Waals surface area contributed by atoms with E-state index in [4.69, 9.17) is 71.1 Å². The Kier molecular flexibility index (Phi) is 25.9. The molecule has 0 aromatic heterocycles. The number of hydrogen-bond donors (Lipinski definition) is 26. The Labute approximate surface area is 501 Å². The lowest BCUT2D eigenvalue weighted by atomic mass is 9.95. The van der Waals surface area contributed by atoms with Crippen LogP contribution in [-0.2, 0) is 71.1 Å². The normalized spacial score (nSPS) is 53.6. The monoisotopic (exact) mass is 1310 g/mol. The highest BCUT2D eigenvalue weighted by molar-refractivity contribution is 5.02. The summed E-state index contributed by atoms with van der Waals surface area (Å²) in [5.74, 6) is 0. The highest BCUT2D eigenvalue weighted by Crippen LogP contribution is 2.39. The number of ether oxygens (including phenoxy) is 15. The van der Waals surface area contributed by atoms with Gasteiger partial charge in [0.1, 0.15) is 195 Å². The van der Waals surface area contributed by atoms with Gasteiger partial charge in [-0.3, -0.25) is 0 Å². The van der Waals surface area contributed by atoms with Crippen LogP contribution < -0.4 is 0 Å². The predicted octanol–water partition coefficient (Wildman–Crippen LogP) is -18.5. The molecular weight excluding hydrogens is 1230 g/mol. The van der Waals surface area contributed by atoms with Gasteiger partial charge in [0.05, 0.1) is 52.9 Å². The van der Waals surface area contributed by atoms with Crippen LogP contribution in [0.1, 0.15) is 0 Å². The van der Waals surface area contributed by atoms with E-state index in [1.54, 1.807) is 0 Å². The summed E-state index contributed by atoms with van der Waals surface area (Å²) in [6, 6.07) is 0. The maximum atomic E-state index is 11.8. The number of aliphatic hydroxyl groups excluding tert-OH is 26. The third kappa shape index (κ3) is 15.0. The van der Waals surface area contributed by atoms with E-state index in [1.807, 2.05) is 0 Å². The molecule has 0 radical (unpaired) electrons. The smallest absolute Gasteiger partial charge is 0.187 e. The number of hydrogen-bond acceptors (Lipinski definition) is 41. The van der Waals surface area contributed by atoms with E-state index in [0.717, 1.165) is 0 Å². The molecule has 8 fully saturated rings. The Morgan fingerprint density at radius 1 is 0.169 bits per heavy atom. The molecule has 8 saturated heterocycles. The first-order valence-corrected chi connectivity index (χ1v) is 28.2.